The summed E-state index contributed by atoms with van der Waals surface area (Å²) in [5.74, 6) is 3.17. The van der Waals surface area contributed by atoms with Crippen LogP contribution in [0.1, 0.15) is 36.5 Å². The molecular weight excluding hydrogens is 786 g/mol. The first-order chi connectivity index (χ1) is 23.4. The molecule has 0 N–H and O–H groups in total. The van der Waals surface area contributed by atoms with E-state index in [0.29, 0.717) is 17.4 Å². The van der Waals surface area contributed by atoms with Gasteiger partial charge in [-0.15, -0.1) is 35.4 Å². The number of hydrogen-bond donors (Lipinski definition) is 0. The number of ether oxygens (including phenoxy) is 1. The topological polar surface area (TPSA) is 55.5 Å². The molecule has 0 fully saturated rings. The van der Waals surface area contributed by atoms with Crippen LogP contribution in [0.4, 0.5) is 17.2 Å². The third-order valence-corrected chi connectivity index (χ3v) is 8.78. The fourth-order valence-corrected chi connectivity index (χ4v) is 6.30. The smallest absolute Gasteiger partial charge is 0.503 e. The van der Waals surface area contributed by atoms with Crippen molar-refractivity contribution in [1.29, 1.82) is 0 Å². The Morgan fingerprint density at radius 1 is 0.735 bits per heavy atom. The van der Waals surface area contributed by atoms with E-state index in [1.54, 1.807) is 6.20 Å². The number of rotatable bonds is 7. The van der Waals surface area contributed by atoms with Gasteiger partial charge in [-0.25, -0.2) is 4.98 Å². The van der Waals surface area contributed by atoms with Crippen LogP contribution >= 0.6 is 0 Å². The summed E-state index contributed by atoms with van der Waals surface area (Å²) in [6.07, 6.45) is 1.80. The second kappa shape index (κ2) is 13.3. The first-order valence-corrected chi connectivity index (χ1v) is 16.2. The van der Waals surface area contributed by atoms with Crippen LogP contribution in [0.25, 0.3) is 38.7 Å². The van der Waals surface area contributed by atoms with Crippen LogP contribution in [0.2, 0.25) is 0 Å². The molecule has 3 aromatic heterocycles. The second-order valence-corrected chi connectivity index (χ2v) is 12.4. The Morgan fingerprint density at radius 3 is 2.31 bits per heavy atom. The predicted octanol–water partition coefficient (Wildman–Crippen LogP) is 10.7. The van der Waals surface area contributed by atoms with Gasteiger partial charge in [-0.05, 0) is 66.6 Å². The minimum atomic E-state index is 0. The molecule has 8 rings (SSSR count). The van der Waals surface area contributed by atoms with Crippen LogP contribution < -0.4 is 9.64 Å². The maximum Gasteiger partial charge on any atom is 2.00 e. The van der Waals surface area contributed by atoms with E-state index in [-0.39, 0.29) is 21.1 Å². The summed E-state index contributed by atoms with van der Waals surface area (Å²) in [7, 11) is 0. The molecule has 0 aliphatic heterocycles. The number of nitrogens with zero attached hydrogens (tertiary/aromatic N) is 5. The van der Waals surface area contributed by atoms with Gasteiger partial charge < -0.3 is 14.0 Å². The van der Waals surface area contributed by atoms with Crippen molar-refractivity contribution in [3.63, 3.8) is 0 Å². The molecular formula is C42H33N5OPt. The Balaban J connectivity index is 0.00000378. The van der Waals surface area contributed by atoms with Gasteiger partial charge in [-0.1, -0.05) is 96.5 Å². The monoisotopic (exact) mass is 818 g/mol. The Bertz CT molecular complexity index is 2440. The van der Waals surface area contributed by atoms with Crippen molar-refractivity contribution in [2.75, 3.05) is 4.90 Å². The van der Waals surface area contributed by atoms with Crippen molar-refractivity contribution in [2.24, 2.45) is 0 Å². The molecule has 242 valence electrons. The van der Waals surface area contributed by atoms with E-state index in [9.17, 15) is 0 Å². The Morgan fingerprint density at radius 2 is 1.53 bits per heavy atom. The number of benzene rings is 5. The van der Waals surface area contributed by atoms with Gasteiger partial charge in [0.2, 0.25) is 0 Å². The van der Waals surface area contributed by atoms with E-state index in [1.165, 1.54) is 11.1 Å². The molecule has 0 amide bonds. The molecule has 49 heavy (non-hydrogen) atoms. The first kappa shape index (κ1) is 32.2. The maximum atomic E-state index is 6.48. The van der Waals surface area contributed by atoms with Gasteiger partial charge in [0.05, 0.1) is 5.65 Å². The quantitative estimate of drug-likeness (QED) is 0.118. The maximum absolute atomic E-state index is 6.48. The molecule has 0 atom stereocenters. The number of anilines is 3. The fraction of sp³-hybridized carbons (Fsp3) is 0.119. The average Bonchev–Trinajstić information content (AvgIpc) is 3.55. The molecule has 8 aromatic rings. The number of hydrogen-bond acceptors (Lipinski definition) is 5. The summed E-state index contributed by atoms with van der Waals surface area (Å²) < 4.78 is 8.62. The molecule has 0 saturated heterocycles. The normalized spacial score (nSPS) is 11.3. The Labute approximate surface area is 300 Å². The number of pyridine rings is 2. The summed E-state index contributed by atoms with van der Waals surface area (Å²) >= 11 is 0. The van der Waals surface area contributed by atoms with E-state index in [1.807, 2.05) is 54.6 Å². The molecule has 0 aliphatic rings. The van der Waals surface area contributed by atoms with E-state index >= 15 is 0 Å². The SMILES string of the molecule is Cc1ccc2c(c1)c1ccc(Oc3[c-]c(N(c4ccc(C(C)C)cc4)c4ccccn4)ccc3)[c-]c1c1nnc(-c3ccccc3C)n21.[Pt+2]. The minimum Gasteiger partial charge on any atom is -0.503 e. The zero-order valence-corrected chi connectivity index (χ0v) is 29.9. The van der Waals surface area contributed by atoms with Crippen molar-refractivity contribution >= 4 is 44.5 Å². The molecule has 0 spiro atoms. The predicted molar refractivity (Wildman–Crippen MR) is 194 cm³/mol. The molecule has 0 saturated carbocycles. The Hall–Kier alpha value is -5.32. The van der Waals surface area contributed by atoms with E-state index < -0.39 is 0 Å². The zero-order valence-electron chi connectivity index (χ0n) is 27.6. The van der Waals surface area contributed by atoms with Gasteiger partial charge in [0.1, 0.15) is 5.82 Å². The van der Waals surface area contributed by atoms with Crippen LogP contribution in [0.5, 0.6) is 11.5 Å². The summed E-state index contributed by atoms with van der Waals surface area (Å²) in [4.78, 5) is 6.76. The fourth-order valence-electron chi connectivity index (χ4n) is 6.30. The number of aromatic nitrogens is 4. The Kier molecular flexibility index (Phi) is 8.75. The summed E-state index contributed by atoms with van der Waals surface area (Å²) in [6, 6.07) is 46.2. The molecule has 3 heterocycles. The molecule has 0 unspecified atom stereocenters. The van der Waals surface area contributed by atoms with E-state index in [0.717, 1.165) is 61.5 Å². The van der Waals surface area contributed by atoms with Crippen LogP contribution in [0, 0.1) is 26.0 Å². The van der Waals surface area contributed by atoms with Crippen LogP contribution in [0.15, 0.2) is 121 Å². The largest absolute Gasteiger partial charge is 2.00 e. The molecule has 0 bridgehead atoms. The second-order valence-electron chi connectivity index (χ2n) is 12.4. The molecule has 6 nitrogen and oxygen atoms in total. The summed E-state index contributed by atoms with van der Waals surface area (Å²) in [5.41, 5.74) is 8.22. The first-order valence-electron chi connectivity index (χ1n) is 16.2. The van der Waals surface area contributed by atoms with Gasteiger partial charge >= 0.3 is 21.1 Å². The van der Waals surface area contributed by atoms with Crippen LogP contribution in [-0.4, -0.2) is 19.6 Å². The van der Waals surface area contributed by atoms with Crippen LogP contribution in [-0.2, 0) is 21.1 Å². The van der Waals surface area contributed by atoms with Gasteiger partial charge in [0.15, 0.2) is 5.82 Å². The third-order valence-electron chi connectivity index (χ3n) is 8.78. The average molecular weight is 819 g/mol. The van der Waals surface area contributed by atoms with Crippen molar-refractivity contribution in [3.8, 4) is 22.9 Å². The number of fused-ring (bicyclic) bond motifs is 6. The molecule has 0 radical (unpaired) electrons. The van der Waals surface area contributed by atoms with Crippen LogP contribution in [0.3, 0.4) is 0 Å². The van der Waals surface area contributed by atoms with Gasteiger partial charge in [0.25, 0.3) is 0 Å². The van der Waals surface area contributed by atoms with E-state index in [4.69, 9.17) is 14.9 Å². The molecule has 7 heteroatoms. The van der Waals surface area contributed by atoms with Gasteiger partial charge in [0, 0.05) is 34.5 Å². The van der Waals surface area contributed by atoms with Gasteiger partial charge in [-0.3, -0.25) is 0 Å². The van der Waals surface area contributed by atoms with Crippen molar-refractivity contribution < 1.29 is 25.8 Å². The summed E-state index contributed by atoms with van der Waals surface area (Å²) in [6.45, 7) is 8.61. The molecule has 5 aromatic carbocycles. The minimum absolute atomic E-state index is 0. The summed E-state index contributed by atoms with van der Waals surface area (Å²) in [5, 5.41) is 12.4. The van der Waals surface area contributed by atoms with Crippen molar-refractivity contribution in [1.82, 2.24) is 19.6 Å². The van der Waals surface area contributed by atoms with E-state index in [2.05, 4.69) is 115 Å². The number of aryl methyl sites for hydroxylation is 2. The van der Waals surface area contributed by atoms with Crippen molar-refractivity contribution in [2.45, 2.75) is 33.6 Å². The van der Waals surface area contributed by atoms with Gasteiger partial charge in [-0.2, -0.15) is 11.2 Å². The zero-order chi connectivity index (χ0) is 32.8. The molecule has 0 aliphatic carbocycles. The standard InChI is InChI=1S/C42H33N5O.Pt/c1-27(2)30-16-18-31(19-17-30)46(40-14-7-8-23-43-40)32-11-9-12-33(25-32)48-34-20-21-36-37-24-28(3)15-22-39(37)47-41(35-13-6-5-10-29(35)4)44-45-42(47)38(36)26-34;/h5-24,27H,1-4H3;/q-2;+2. The van der Waals surface area contributed by atoms with Crippen molar-refractivity contribution in [3.05, 3.63) is 150 Å². The third kappa shape index (κ3) is 5.98.